The summed E-state index contributed by atoms with van der Waals surface area (Å²) in [5.74, 6) is 0. The summed E-state index contributed by atoms with van der Waals surface area (Å²) in [7, 11) is 3.53. The molecule has 0 unspecified atom stereocenters. The van der Waals surface area contributed by atoms with Crippen molar-refractivity contribution in [3.8, 4) is 0 Å². The van der Waals surface area contributed by atoms with E-state index >= 15 is 0 Å². The van der Waals surface area contributed by atoms with Crippen molar-refractivity contribution >= 4 is 0 Å². The van der Waals surface area contributed by atoms with Crippen LogP contribution in [0.25, 0.3) is 0 Å². The van der Waals surface area contributed by atoms with Gasteiger partial charge >= 0.3 is 0 Å². The van der Waals surface area contributed by atoms with E-state index in [1.165, 1.54) is 25.7 Å². The summed E-state index contributed by atoms with van der Waals surface area (Å²) >= 11 is 0. The number of nitrogens with zero attached hydrogens (tertiary/aromatic N) is 1. The summed E-state index contributed by atoms with van der Waals surface area (Å²) in [4.78, 5) is 2.46. The van der Waals surface area contributed by atoms with E-state index in [4.69, 9.17) is 9.47 Å². The van der Waals surface area contributed by atoms with Crippen LogP contribution < -0.4 is 5.32 Å². The molecule has 1 fully saturated rings. The lowest BCUT2D eigenvalue weighted by Crippen LogP contribution is -2.38. The zero-order chi connectivity index (χ0) is 13.1. The van der Waals surface area contributed by atoms with E-state index in [9.17, 15) is 0 Å². The van der Waals surface area contributed by atoms with Gasteiger partial charge in [-0.2, -0.15) is 0 Å². The fourth-order valence-corrected chi connectivity index (χ4v) is 2.55. The van der Waals surface area contributed by atoms with Gasteiger partial charge in [-0.1, -0.05) is 12.8 Å². The molecule has 0 bridgehead atoms. The van der Waals surface area contributed by atoms with E-state index in [0.717, 1.165) is 51.9 Å². The Balaban J connectivity index is 2.08. The third-order valence-corrected chi connectivity index (χ3v) is 3.65. The second kappa shape index (κ2) is 10.7. The van der Waals surface area contributed by atoms with E-state index in [0.29, 0.717) is 0 Å². The van der Waals surface area contributed by atoms with E-state index in [1.54, 1.807) is 14.2 Å². The number of rotatable bonds is 11. The molecule has 0 aromatic carbocycles. The third-order valence-electron chi connectivity index (χ3n) is 3.65. The summed E-state index contributed by atoms with van der Waals surface area (Å²) < 4.78 is 10.3. The van der Waals surface area contributed by atoms with Crippen LogP contribution in [0, 0.1) is 0 Å². The molecule has 0 heterocycles. The van der Waals surface area contributed by atoms with Crippen molar-refractivity contribution in [2.24, 2.45) is 0 Å². The molecular formula is C14H30N2O2. The molecule has 0 aromatic rings. The highest BCUT2D eigenvalue weighted by molar-refractivity contribution is 4.74. The SMILES string of the molecule is COCCCN(CCNC1CCCC1)CCOC. The van der Waals surface area contributed by atoms with Gasteiger partial charge in [-0.3, -0.25) is 4.90 Å². The van der Waals surface area contributed by atoms with Crippen LogP contribution in [0.3, 0.4) is 0 Å². The number of ether oxygens (including phenoxy) is 2. The minimum absolute atomic E-state index is 0.772. The quantitative estimate of drug-likeness (QED) is 0.570. The maximum atomic E-state index is 5.17. The lowest BCUT2D eigenvalue weighted by Gasteiger charge is -2.23. The Kier molecular flexibility index (Phi) is 9.48. The molecule has 0 aliphatic heterocycles. The summed E-state index contributed by atoms with van der Waals surface area (Å²) in [5, 5.41) is 3.67. The van der Waals surface area contributed by atoms with Crippen molar-refractivity contribution in [2.75, 3.05) is 53.6 Å². The first-order valence-corrected chi connectivity index (χ1v) is 7.30. The molecule has 18 heavy (non-hydrogen) atoms. The lowest BCUT2D eigenvalue weighted by atomic mass is 10.2. The van der Waals surface area contributed by atoms with Gasteiger partial charge in [0.05, 0.1) is 6.61 Å². The maximum absolute atomic E-state index is 5.17. The van der Waals surface area contributed by atoms with Crippen molar-refractivity contribution < 1.29 is 9.47 Å². The Labute approximate surface area is 112 Å². The van der Waals surface area contributed by atoms with Crippen molar-refractivity contribution in [3.05, 3.63) is 0 Å². The van der Waals surface area contributed by atoms with Crippen molar-refractivity contribution in [1.29, 1.82) is 0 Å². The Morgan fingerprint density at radius 2 is 1.72 bits per heavy atom. The van der Waals surface area contributed by atoms with Crippen molar-refractivity contribution in [3.63, 3.8) is 0 Å². The predicted molar refractivity (Wildman–Crippen MR) is 75.1 cm³/mol. The fraction of sp³-hybridized carbons (Fsp3) is 1.00. The minimum atomic E-state index is 0.772. The molecule has 1 aliphatic rings. The molecular weight excluding hydrogens is 228 g/mol. The molecule has 1 N–H and O–H groups in total. The Hall–Kier alpha value is -0.160. The maximum Gasteiger partial charge on any atom is 0.0589 e. The summed E-state index contributed by atoms with van der Waals surface area (Å²) in [5.41, 5.74) is 0. The van der Waals surface area contributed by atoms with E-state index in [1.807, 2.05) is 0 Å². The van der Waals surface area contributed by atoms with E-state index in [2.05, 4.69) is 10.2 Å². The van der Waals surface area contributed by atoms with Gasteiger partial charge < -0.3 is 14.8 Å². The van der Waals surface area contributed by atoms with Crippen LogP contribution in [0.1, 0.15) is 32.1 Å². The molecule has 0 aromatic heterocycles. The van der Waals surface area contributed by atoms with Crippen LogP contribution in [0.4, 0.5) is 0 Å². The third kappa shape index (κ3) is 7.31. The second-order valence-electron chi connectivity index (χ2n) is 5.12. The number of nitrogens with one attached hydrogen (secondary N) is 1. The molecule has 0 atom stereocenters. The largest absolute Gasteiger partial charge is 0.385 e. The summed E-state index contributed by atoms with van der Waals surface area (Å²) in [6.45, 7) is 6.00. The van der Waals surface area contributed by atoms with Gasteiger partial charge in [0, 0.05) is 53.0 Å². The molecule has 0 spiro atoms. The highest BCUT2D eigenvalue weighted by Crippen LogP contribution is 2.17. The Bertz CT molecular complexity index is 185. The Morgan fingerprint density at radius 1 is 1.00 bits per heavy atom. The van der Waals surface area contributed by atoms with Crippen LogP contribution >= 0.6 is 0 Å². The zero-order valence-electron chi connectivity index (χ0n) is 12.1. The molecule has 4 nitrogen and oxygen atoms in total. The number of hydrogen-bond acceptors (Lipinski definition) is 4. The fourth-order valence-electron chi connectivity index (χ4n) is 2.55. The van der Waals surface area contributed by atoms with Gasteiger partial charge in [-0.05, 0) is 19.3 Å². The van der Waals surface area contributed by atoms with Gasteiger partial charge in [0.25, 0.3) is 0 Å². The topological polar surface area (TPSA) is 33.7 Å². The average Bonchev–Trinajstić information content (AvgIpc) is 2.88. The summed E-state index contributed by atoms with van der Waals surface area (Å²) in [6.07, 6.45) is 6.63. The van der Waals surface area contributed by atoms with Gasteiger partial charge in [-0.15, -0.1) is 0 Å². The van der Waals surface area contributed by atoms with Crippen LogP contribution in [0.15, 0.2) is 0 Å². The zero-order valence-corrected chi connectivity index (χ0v) is 12.1. The van der Waals surface area contributed by atoms with E-state index < -0.39 is 0 Å². The van der Waals surface area contributed by atoms with Crippen molar-refractivity contribution in [2.45, 2.75) is 38.1 Å². The minimum Gasteiger partial charge on any atom is -0.385 e. The normalized spacial score (nSPS) is 16.8. The average molecular weight is 258 g/mol. The highest BCUT2D eigenvalue weighted by atomic mass is 16.5. The molecule has 1 aliphatic carbocycles. The molecule has 0 saturated heterocycles. The van der Waals surface area contributed by atoms with Crippen LogP contribution in [-0.2, 0) is 9.47 Å². The van der Waals surface area contributed by atoms with Crippen LogP contribution in [0.5, 0.6) is 0 Å². The standard InChI is InChI=1S/C14H30N2O2/c1-17-12-5-9-16(11-13-18-2)10-8-15-14-6-3-4-7-14/h14-15H,3-13H2,1-2H3. The molecule has 1 saturated carbocycles. The first kappa shape index (κ1) is 15.9. The number of hydrogen-bond donors (Lipinski definition) is 1. The van der Waals surface area contributed by atoms with Gasteiger partial charge in [0.2, 0.25) is 0 Å². The molecule has 4 heteroatoms. The molecule has 0 amide bonds. The summed E-state index contributed by atoms with van der Waals surface area (Å²) in [6, 6.07) is 0.772. The second-order valence-corrected chi connectivity index (χ2v) is 5.12. The van der Waals surface area contributed by atoms with Crippen LogP contribution in [-0.4, -0.2) is 64.6 Å². The molecule has 0 radical (unpaired) electrons. The van der Waals surface area contributed by atoms with Gasteiger partial charge in [0.15, 0.2) is 0 Å². The molecule has 108 valence electrons. The number of methoxy groups -OCH3 is 2. The Morgan fingerprint density at radius 3 is 2.39 bits per heavy atom. The monoisotopic (exact) mass is 258 g/mol. The smallest absolute Gasteiger partial charge is 0.0589 e. The van der Waals surface area contributed by atoms with Gasteiger partial charge in [0.1, 0.15) is 0 Å². The first-order chi connectivity index (χ1) is 8.86. The lowest BCUT2D eigenvalue weighted by molar-refractivity contribution is 0.132. The van der Waals surface area contributed by atoms with Crippen molar-refractivity contribution in [1.82, 2.24) is 10.2 Å². The van der Waals surface area contributed by atoms with Gasteiger partial charge in [-0.25, -0.2) is 0 Å². The highest BCUT2D eigenvalue weighted by Gasteiger charge is 2.14. The van der Waals surface area contributed by atoms with Crippen LogP contribution in [0.2, 0.25) is 0 Å². The van der Waals surface area contributed by atoms with E-state index in [-0.39, 0.29) is 0 Å². The first-order valence-electron chi connectivity index (χ1n) is 7.30. The predicted octanol–water partition coefficient (Wildman–Crippen LogP) is 1.50. The molecule has 1 rings (SSSR count).